The number of alkyl halides is 3. The second-order valence-corrected chi connectivity index (χ2v) is 3.63. The Hall–Kier alpha value is -1.17. The monoisotopic (exact) mass is 251 g/mol. The average Bonchev–Trinajstić information content (AvgIpc) is 2.18. The molecule has 90 valence electrons. The molecule has 0 atom stereocenters. The van der Waals surface area contributed by atoms with E-state index in [-0.39, 0.29) is 0 Å². The summed E-state index contributed by atoms with van der Waals surface area (Å²) in [6, 6.07) is 4.63. The van der Waals surface area contributed by atoms with Crippen LogP contribution in [0.1, 0.15) is 5.56 Å². The first-order valence-corrected chi connectivity index (χ1v) is 4.70. The highest BCUT2D eigenvalue weighted by Crippen LogP contribution is 2.29. The van der Waals surface area contributed by atoms with Gasteiger partial charge in [-0.2, -0.15) is 13.2 Å². The van der Waals surface area contributed by atoms with Gasteiger partial charge >= 0.3 is 6.18 Å². The number of benzene rings is 1. The number of hydrogen-bond acceptors (Lipinski definition) is 2. The van der Waals surface area contributed by atoms with Crippen LogP contribution < -0.4 is 0 Å². The van der Waals surface area contributed by atoms with Gasteiger partial charge in [0.2, 0.25) is 6.41 Å². The maximum Gasteiger partial charge on any atom is 0.416 e. The molecule has 1 aromatic carbocycles. The van der Waals surface area contributed by atoms with Crippen molar-refractivity contribution in [3.8, 4) is 0 Å². The molecule has 16 heavy (non-hydrogen) atoms. The Labute approximate surface area is 97.5 Å². The van der Waals surface area contributed by atoms with E-state index in [0.29, 0.717) is 4.90 Å². The predicted molar refractivity (Wildman–Crippen MR) is 58.4 cm³/mol. The van der Waals surface area contributed by atoms with Gasteiger partial charge in [-0.25, -0.2) is 0 Å². The minimum atomic E-state index is -4.25. The quantitative estimate of drug-likeness (QED) is 0.601. The standard InChI is InChI=1S/C7H5F3S.C3H7NO/c8-7(9,10)5-1-3-6(11)4-2-5;1-4(2)3-5/h1-4,11H;3H,1-2H3. The Morgan fingerprint density at radius 1 is 1.19 bits per heavy atom. The van der Waals surface area contributed by atoms with Gasteiger partial charge in [0.25, 0.3) is 0 Å². The summed E-state index contributed by atoms with van der Waals surface area (Å²) in [7, 11) is 3.38. The molecular weight excluding hydrogens is 239 g/mol. The minimum Gasteiger partial charge on any atom is -0.351 e. The van der Waals surface area contributed by atoms with Gasteiger partial charge in [0, 0.05) is 19.0 Å². The second kappa shape index (κ2) is 6.42. The molecule has 6 heteroatoms. The Kier molecular flexibility index (Phi) is 5.95. The van der Waals surface area contributed by atoms with Crippen LogP contribution in [-0.4, -0.2) is 25.4 Å². The summed E-state index contributed by atoms with van der Waals surface area (Å²) >= 11 is 3.86. The van der Waals surface area contributed by atoms with Crippen molar-refractivity contribution in [3.05, 3.63) is 29.8 Å². The summed E-state index contributed by atoms with van der Waals surface area (Å²) in [5.74, 6) is 0. The molecular formula is C10H12F3NOS. The molecule has 1 rings (SSSR count). The molecule has 1 amide bonds. The van der Waals surface area contributed by atoms with E-state index in [1.807, 2.05) is 0 Å². The SMILES string of the molecule is CN(C)C=O.FC(F)(F)c1ccc(S)cc1. The van der Waals surface area contributed by atoms with Crippen LogP contribution in [0.5, 0.6) is 0 Å². The van der Waals surface area contributed by atoms with E-state index >= 15 is 0 Å². The smallest absolute Gasteiger partial charge is 0.351 e. The molecule has 0 aromatic heterocycles. The molecule has 0 aliphatic heterocycles. The maximum absolute atomic E-state index is 11.9. The third kappa shape index (κ3) is 6.34. The van der Waals surface area contributed by atoms with Crippen molar-refractivity contribution in [2.75, 3.05) is 14.1 Å². The van der Waals surface area contributed by atoms with Gasteiger partial charge in [0.05, 0.1) is 5.56 Å². The maximum atomic E-state index is 11.9. The highest BCUT2D eigenvalue weighted by Gasteiger charge is 2.29. The number of carbonyl (C=O) groups is 1. The van der Waals surface area contributed by atoms with Gasteiger partial charge in [-0.3, -0.25) is 4.79 Å². The van der Waals surface area contributed by atoms with E-state index in [2.05, 4.69) is 12.6 Å². The molecule has 1 aromatic rings. The zero-order chi connectivity index (χ0) is 12.8. The lowest BCUT2D eigenvalue weighted by atomic mass is 10.2. The molecule has 0 heterocycles. The van der Waals surface area contributed by atoms with Crippen molar-refractivity contribution in [3.63, 3.8) is 0 Å². The zero-order valence-electron chi connectivity index (χ0n) is 8.82. The molecule has 0 radical (unpaired) electrons. The molecule has 0 saturated heterocycles. The van der Waals surface area contributed by atoms with E-state index in [1.54, 1.807) is 14.1 Å². The number of amides is 1. The molecule has 0 spiro atoms. The molecule has 0 aliphatic rings. The van der Waals surface area contributed by atoms with Crippen LogP contribution in [0.2, 0.25) is 0 Å². The lowest BCUT2D eigenvalue weighted by molar-refractivity contribution is -0.137. The van der Waals surface area contributed by atoms with E-state index < -0.39 is 11.7 Å². The zero-order valence-corrected chi connectivity index (χ0v) is 9.72. The normalized spacial score (nSPS) is 10.1. The number of rotatable bonds is 1. The van der Waals surface area contributed by atoms with E-state index in [1.165, 1.54) is 17.0 Å². The summed E-state index contributed by atoms with van der Waals surface area (Å²) in [5, 5.41) is 0. The number of thiol groups is 1. The molecule has 0 saturated carbocycles. The van der Waals surface area contributed by atoms with Gasteiger partial charge in [0.1, 0.15) is 0 Å². The number of hydrogen-bond donors (Lipinski definition) is 1. The molecule has 2 nitrogen and oxygen atoms in total. The van der Waals surface area contributed by atoms with Crippen molar-refractivity contribution in [2.45, 2.75) is 11.1 Å². The van der Waals surface area contributed by atoms with Gasteiger partial charge in [-0.05, 0) is 24.3 Å². The molecule has 0 aliphatic carbocycles. The topological polar surface area (TPSA) is 20.3 Å². The van der Waals surface area contributed by atoms with Gasteiger partial charge in [-0.1, -0.05) is 0 Å². The largest absolute Gasteiger partial charge is 0.416 e. The van der Waals surface area contributed by atoms with Crippen LogP contribution in [0, 0.1) is 0 Å². The van der Waals surface area contributed by atoms with Crippen LogP contribution in [0.4, 0.5) is 13.2 Å². The summed E-state index contributed by atoms with van der Waals surface area (Å²) in [5.41, 5.74) is -0.643. The third-order valence-electron chi connectivity index (χ3n) is 1.41. The first kappa shape index (κ1) is 14.8. The van der Waals surface area contributed by atoms with Crippen LogP contribution in [0.3, 0.4) is 0 Å². The second-order valence-electron chi connectivity index (χ2n) is 3.11. The van der Waals surface area contributed by atoms with Crippen molar-refractivity contribution in [1.29, 1.82) is 0 Å². The number of halogens is 3. The van der Waals surface area contributed by atoms with E-state index in [0.717, 1.165) is 18.5 Å². The molecule has 0 N–H and O–H groups in total. The molecule has 0 bridgehead atoms. The van der Waals surface area contributed by atoms with Crippen LogP contribution in [-0.2, 0) is 11.0 Å². The van der Waals surface area contributed by atoms with Crippen molar-refractivity contribution >= 4 is 19.0 Å². The molecule has 0 fully saturated rings. The fourth-order valence-corrected chi connectivity index (χ4v) is 0.799. The lowest BCUT2D eigenvalue weighted by Gasteiger charge is -2.05. The van der Waals surface area contributed by atoms with Crippen molar-refractivity contribution in [2.24, 2.45) is 0 Å². The van der Waals surface area contributed by atoms with Gasteiger partial charge in [0.15, 0.2) is 0 Å². The lowest BCUT2D eigenvalue weighted by Crippen LogP contribution is -2.06. The van der Waals surface area contributed by atoms with Crippen molar-refractivity contribution in [1.82, 2.24) is 4.90 Å². The highest BCUT2D eigenvalue weighted by molar-refractivity contribution is 7.80. The first-order valence-electron chi connectivity index (χ1n) is 4.25. The fraction of sp³-hybridized carbons (Fsp3) is 0.300. The molecule has 0 unspecified atom stereocenters. The first-order chi connectivity index (χ1) is 7.27. The summed E-state index contributed by atoms with van der Waals surface area (Å²) in [4.78, 5) is 11.4. The number of carbonyl (C=O) groups excluding carboxylic acids is 1. The number of nitrogens with zero attached hydrogens (tertiary/aromatic N) is 1. The van der Waals surface area contributed by atoms with E-state index in [9.17, 15) is 18.0 Å². The van der Waals surface area contributed by atoms with Crippen LogP contribution >= 0.6 is 12.6 Å². The Bertz CT molecular complexity index is 322. The summed E-state index contributed by atoms with van der Waals surface area (Å²) < 4.78 is 35.7. The van der Waals surface area contributed by atoms with Gasteiger partial charge < -0.3 is 4.90 Å². The van der Waals surface area contributed by atoms with E-state index in [4.69, 9.17) is 0 Å². The Morgan fingerprint density at radius 3 is 1.81 bits per heavy atom. The van der Waals surface area contributed by atoms with Crippen molar-refractivity contribution < 1.29 is 18.0 Å². The predicted octanol–water partition coefficient (Wildman–Crippen LogP) is 2.70. The van der Waals surface area contributed by atoms with Crippen LogP contribution in [0.25, 0.3) is 0 Å². The summed E-state index contributed by atoms with van der Waals surface area (Å²) in [6.45, 7) is 0. The van der Waals surface area contributed by atoms with Gasteiger partial charge in [-0.15, -0.1) is 12.6 Å². The Balaban J connectivity index is 0.000000385. The summed E-state index contributed by atoms with van der Waals surface area (Å²) in [6.07, 6.45) is -3.50. The average molecular weight is 251 g/mol. The fourth-order valence-electron chi connectivity index (χ4n) is 0.650. The van der Waals surface area contributed by atoms with Crippen LogP contribution in [0.15, 0.2) is 29.2 Å². The minimum absolute atomic E-state index is 0.526. The third-order valence-corrected chi connectivity index (χ3v) is 1.70. The Morgan fingerprint density at radius 2 is 1.56 bits per heavy atom. The highest BCUT2D eigenvalue weighted by atomic mass is 32.1.